The largest absolute Gasteiger partial charge is 0.507 e. The molecule has 0 atom stereocenters. The fourth-order valence-corrected chi connectivity index (χ4v) is 2.30. The SMILES string of the molecule is Cc1cc(=O)oc2cc(N=Cc3cc([N+](=O)[O-])ccc3O)ccc12. The molecule has 0 radical (unpaired) electrons. The number of nitro benzene ring substituents is 1. The van der Waals surface area contributed by atoms with Gasteiger partial charge in [-0.05, 0) is 30.7 Å². The number of rotatable bonds is 3. The zero-order chi connectivity index (χ0) is 17.3. The van der Waals surface area contributed by atoms with E-state index in [0.29, 0.717) is 11.3 Å². The molecule has 0 aliphatic rings. The number of nitrogens with zero attached hydrogens (tertiary/aromatic N) is 2. The molecule has 1 N–H and O–H groups in total. The second kappa shape index (κ2) is 5.96. The first-order valence-electron chi connectivity index (χ1n) is 7.00. The molecule has 3 aromatic rings. The van der Waals surface area contributed by atoms with Gasteiger partial charge in [0.05, 0.1) is 10.6 Å². The van der Waals surface area contributed by atoms with Gasteiger partial charge >= 0.3 is 5.63 Å². The minimum Gasteiger partial charge on any atom is -0.507 e. The molecule has 0 aliphatic heterocycles. The van der Waals surface area contributed by atoms with E-state index in [0.717, 1.165) is 10.9 Å². The maximum Gasteiger partial charge on any atom is 0.336 e. The van der Waals surface area contributed by atoms with E-state index in [1.54, 1.807) is 18.2 Å². The fraction of sp³-hybridized carbons (Fsp3) is 0.0588. The molecule has 7 heteroatoms. The van der Waals surface area contributed by atoms with Crippen LogP contribution in [0.15, 0.2) is 56.7 Å². The van der Waals surface area contributed by atoms with Crippen LogP contribution in [0.3, 0.4) is 0 Å². The highest BCUT2D eigenvalue weighted by Crippen LogP contribution is 2.25. The van der Waals surface area contributed by atoms with Crippen LogP contribution in [0.5, 0.6) is 5.75 Å². The predicted molar refractivity (Wildman–Crippen MR) is 89.2 cm³/mol. The number of hydrogen-bond acceptors (Lipinski definition) is 6. The number of benzene rings is 2. The lowest BCUT2D eigenvalue weighted by Gasteiger charge is -2.02. The van der Waals surface area contributed by atoms with Crippen molar-refractivity contribution >= 4 is 28.6 Å². The summed E-state index contributed by atoms with van der Waals surface area (Å²) in [6.45, 7) is 1.81. The Morgan fingerprint density at radius 1 is 1.21 bits per heavy atom. The van der Waals surface area contributed by atoms with E-state index in [1.807, 2.05) is 6.92 Å². The average molecular weight is 324 g/mol. The first kappa shape index (κ1) is 15.4. The fourth-order valence-electron chi connectivity index (χ4n) is 2.30. The summed E-state index contributed by atoms with van der Waals surface area (Å²) in [4.78, 5) is 25.9. The summed E-state index contributed by atoms with van der Waals surface area (Å²) in [6.07, 6.45) is 1.32. The van der Waals surface area contributed by atoms with Crippen LogP contribution in [0, 0.1) is 17.0 Å². The van der Waals surface area contributed by atoms with Crippen LogP contribution in [0.2, 0.25) is 0 Å². The van der Waals surface area contributed by atoms with Gasteiger partial charge in [0.2, 0.25) is 0 Å². The van der Waals surface area contributed by atoms with Gasteiger partial charge in [-0.1, -0.05) is 0 Å². The van der Waals surface area contributed by atoms with Crippen molar-refractivity contribution in [2.24, 2.45) is 4.99 Å². The summed E-state index contributed by atoms with van der Waals surface area (Å²) in [5.74, 6) is -0.118. The van der Waals surface area contributed by atoms with E-state index in [4.69, 9.17) is 4.42 Å². The van der Waals surface area contributed by atoms with Gasteiger partial charge in [-0.3, -0.25) is 15.1 Å². The van der Waals surface area contributed by atoms with E-state index in [9.17, 15) is 20.0 Å². The van der Waals surface area contributed by atoms with E-state index >= 15 is 0 Å². The molecule has 0 spiro atoms. The zero-order valence-electron chi connectivity index (χ0n) is 12.6. The van der Waals surface area contributed by atoms with Gasteiger partial charge in [0, 0.05) is 41.4 Å². The number of aryl methyl sites for hydroxylation is 1. The zero-order valence-corrected chi connectivity index (χ0v) is 12.6. The Morgan fingerprint density at radius 3 is 2.75 bits per heavy atom. The third kappa shape index (κ3) is 3.00. The minimum atomic E-state index is -0.551. The van der Waals surface area contributed by atoms with Gasteiger partial charge in [-0.15, -0.1) is 0 Å². The van der Waals surface area contributed by atoms with Crippen LogP contribution in [0.1, 0.15) is 11.1 Å². The van der Waals surface area contributed by atoms with E-state index < -0.39 is 10.5 Å². The number of aliphatic imine (C=N–C) groups is 1. The maximum absolute atomic E-state index is 11.4. The number of aromatic hydroxyl groups is 1. The summed E-state index contributed by atoms with van der Waals surface area (Å²) in [5.41, 5.74) is 1.31. The topological polar surface area (TPSA) is 106 Å². The van der Waals surface area contributed by atoms with Crippen LogP contribution in [-0.2, 0) is 0 Å². The lowest BCUT2D eigenvalue weighted by Crippen LogP contribution is -1.97. The summed E-state index contributed by atoms with van der Waals surface area (Å²) in [6, 6.07) is 10.2. The molecule has 0 bridgehead atoms. The van der Waals surface area contributed by atoms with Crippen molar-refractivity contribution in [3.63, 3.8) is 0 Å². The Morgan fingerprint density at radius 2 is 2.00 bits per heavy atom. The van der Waals surface area contributed by atoms with E-state index in [-0.39, 0.29) is 17.0 Å². The van der Waals surface area contributed by atoms with Crippen molar-refractivity contribution in [3.05, 3.63) is 74.1 Å². The number of hydrogen-bond donors (Lipinski definition) is 1. The second-order valence-corrected chi connectivity index (χ2v) is 5.19. The Hall–Kier alpha value is -3.48. The van der Waals surface area contributed by atoms with Gasteiger partial charge in [0.15, 0.2) is 0 Å². The molecular formula is C17H12N2O5. The second-order valence-electron chi connectivity index (χ2n) is 5.19. The molecule has 120 valence electrons. The molecular weight excluding hydrogens is 312 g/mol. The van der Waals surface area contributed by atoms with Crippen LogP contribution in [0.4, 0.5) is 11.4 Å². The predicted octanol–water partition coefficient (Wildman–Crippen LogP) is 3.47. The molecule has 0 saturated heterocycles. The van der Waals surface area contributed by atoms with Crippen molar-refractivity contribution in [1.29, 1.82) is 0 Å². The van der Waals surface area contributed by atoms with Crippen molar-refractivity contribution in [3.8, 4) is 5.75 Å². The third-order valence-electron chi connectivity index (χ3n) is 3.51. The summed E-state index contributed by atoms with van der Waals surface area (Å²) in [5, 5.41) is 21.3. The quantitative estimate of drug-likeness (QED) is 0.344. The molecule has 0 aliphatic carbocycles. The molecule has 0 amide bonds. The maximum atomic E-state index is 11.4. The molecule has 3 rings (SSSR count). The number of non-ortho nitro benzene ring substituents is 1. The molecule has 7 nitrogen and oxygen atoms in total. The lowest BCUT2D eigenvalue weighted by molar-refractivity contribution is -0.384. The Bertz CT molecular complexity index is 1040. The molecule has 0 saturated carbocycles. The molecule has 24 heavy (non-hydrogen) atoms. The highest BCUT2D eigenvalue weighted by Gasteiger charge is 2.09. The van der Waals surface area contributed by atoms with E-state index in [2.05, 4.69) is 4.99 Å². The van der Waals surface area contributed by atoms with Gasteiger partial charge in [-0.2, -0.15) is 0 Å². The van der Waals surface area contributed by atoms with Crippen molar-refractivity contribution in [2.75, 3.05) is 0 Å². The normalized spacial score (nSPS) is 11.2. The minimum absolute atomic E-state index is 0.118. The monoisotopic (exact) mass is 324 g/mol. The number of phenols is 1. The van der Waals surface area contributed by atoms with Gasteiger partial charge < -0.3 is 9.52 Å². The lowest BCUT2D eigenvalue weighted by atomic mass is 10.1. The van der Waals surface area contributed by atoms with Crippen LogP contribution >= 0.6 is 0 Å². The van der Waals surface area contributed by atoms with Gasteiger partial charge in [0.1, 0.15) is 11.3 Å². The average Bonchev–Trinajstić information content (AvgIpc) is 2.53. The van der Waals surface area contributed by atoms with Gasteiger partial charge in [0.25, 0.3) is 5.69 Å². The Kier molecular flexibility index (Phi) is 3.83. The van der Waals surface area contributed by atoms with Crippen molar-refractivity contribution in [2.45, 2.75) is 6.92 Å². The van der Waals surface area contributed by atoms with Crippen LogP contribution in [-0.4, -0.2) is 16.2 Å². The molecule has 1 aromatic heterocycles. The van der Waals surface area contributed by atoms with E-state index in [1.165, 1.54) is 30.5 Å². The highest BCUT2D eigenvalue weighted by atomic mass is 16.6. The highest BCUT2D eigenvalue weighted by molar-refractivity contribution is 5.88. The Labute approximate surface area is 135 Å². The number of fused-ring (bicyclic) bond motifs is 1. The first-order chi connectivity index (χ1) is 11.4. The van der Waals surface area contributed by atoms with Crippen molar-refractivity contribution in [1.82, 2.24) is 0 Å². The summed E-state index contributed by atoms with van der Waals surface area (Å²) < 4.78 is 5.14. The van der Waals surface area contributed by atoms with Crippen molar-refractivity contribution < 1.29 is 14.4 Å². The first-order valence-corrected chi connectivity index (χ1v) is 7.00. The standard InChI is InChI=1S/C17H12N2O5/c1-10-6-17(21)24-16-8-12(2-4-14(10)16)18-9-11-7-13(19(22)23)3-5-15(11)20/h2-9,20H,1H3. The van der Waals surface area contributed by atoms with Crippen LogP contribution in [0.25, 0.3) is 11.0 Å². The molecule has 2 aromatic carbocycles. The van der Waals surface area contributed by atoms with Gasteiger partial charge in [-0.25, -0.2) is 4.79 Å². The molecule has 0 unspecified atom stereocenters. The smallest absolute Gasteiger partial charge is 0.336 e. The molecule has 0 fully saturated rings. The summed E-state index contributed by atoms with van der Waals surface area (Å²) in [7, 11) is 0. The van der Waals surface area contributed by atoms with Crippen LogP contribution < -0.4 is 5.63 Å². The summed E-state index contributed by atoms with van der Waals surface area (Å²) >= 11 is 0. The molecule has 1 heterocycles. The Balaban J connectivity index is 2.00. The number of phenolic OH excluding ortho intramolecular Hbond substituents is 1. The third-order valence-corrected chi connectivity index (χ3v) is 3.51. The number of nitro groups is 1.